The first-order valence-corrected chi connectivity index (χ1v) is 8.69. The third kappa shape index (κ3) is 5.27. The minimum Gasteiger partial charge on any atom is -0.507 e. The number of nitrogens with one attached hydrogen (secondary N) is 1. The first-order chi connectivity index (χ1) is 12.7. The third-order valence-corrected chi connectivity index (χ3v) is 4.54. The van der Waals surface area contributed by atoms with Gasteiger partial charge in [-0.25, -0.2) is 8.78 Å². The van der Waals surface area contributed by atoms with Crippen molar-refractivity contribution in [1.82, 2.24) is 5.32 Å². The minimum atomic E-state index is -1.06. The van der Waals surface area contributed by atoms with E-state index in [2.05, 4.69) is 5.32 Å². The average molecular weight is 394 g/mol. The van der Waals surface area contributed by atoms with Gasteiger partial charge in [-0.3, -0.25) is 14.4 Å². The van der Waals surface area contributed by atoms with Crippen LogP contribution in [0.15, 0.2) is 36.4 Å². The van der Waals surface area contributed by atoms with E-state index in [9.17, 15) is 28.3 Å². The number of carbonyl (C=O) groups excluding carboxylic acids is 3. The van der Waals surface area contributed by atoms with Crippen molar-refractivity contribution >= 4 is 28.7 Å². The predicted molar refractivity (Wildman–Crippen MR) is 97.0 cm³/mol. The zero-order valence-electron chi connectivity index (χ0n) is 14.2. The van der Waals surface area contributed by atoms with E-state index in [0.717, 1.165) is 6.07 Å². The van der Waals surface area contributed by atoms with E-state index in [1.807, 2.05) is 0 Å². The van der Waals surface area contributed by atoms with E-state index in [1.165, 1.54) is 31.2 Å². The van der Waals surface area contributed by atoms with Crippen molar-refractivity contribution in [2.45, 2.75) is 13.0 Å². The number of thioether (sulfide) groups is 1. The standard InChI is InChI=1S/C18H16F2N2O4S/c1-9(23)22-15(17(21)25)8-27-18(26)13-6-10(2-5-16(13)24)12-4-3-11(19)7-14(12)20/h2-7,15,24H,8H2,1H3,(H2,21,25)(H,22,23)/t15-/m0/s1. The molecule has 0 radical (unpaired) electrons. The van der Waals surface area contributed by atoms with Crippen LogP contribution in [0.1, 0.15) is 17.3 Å². The summed E-state index contributed by atoms with van der Waals surface area (Å²) in [5.74, 6) is -3.32. The zero-order chi connectivity index (χ0) is 20.1. The van der Waals surface area contributed by atoms with E-state index >= 15 is 0 Å². The van der Waals surface area contributed by atoms with Crippen LogP contribution in [0.4, 0.5) is 8.78 Å². The molecule has 1 atom stereocenters. The van der Waals surface area contributed by atoms with Crippen LogP contribution >= 0.6 is 11.8 Å². The van der Waals surface area contributed by atoms with Gasteiger partial charge in [-0.2, -0.15) is 0 Å². The topological polar surface area (TPSA) is 109 Å². The molecule has 0 heterocycles. The first-order valence-electron chi connectivity index (χ1n) is 7.71. The van der Waals surface area contributed by atoms with Crippen molar-refractivity contribution in [2.75, 3.05) is 5.75 Å². The fourth-order valence-corrected chi connectivity index (χ4v) is 3.15. The van der Waals surface area contributed by atoms with Gasteiger partial charge < -0.3 is 16.2 Å². The smallest absolute Gasteiger partial charge is 0.240 e. The van der Waals surface area contributed by atoms with E-state index in [0.29, 0.717) is 17.8 Å². The van der Waals surface area contributed by atoms with Gasteiger partial charge in [0.05, 0.1) is 5.56 Å². The monoisotopic (exact) mass is 394 g/mol. The lowest BCUT2D eigenvalue weighted by atomic mass is 10.0. The SMILES string of the molecule is CC(=O)N[C@@H](CSC(=O)c1cc(-c2ccc(F)cc2F)ccc1O)C(N)=O. The number of phenolic OH excluding ortho intramolecular Hbond substituents is 1. The molecule has 142 valence electrons. The molecule has 0 unspecified atom stereocenters. The molecule has 2 aromatic carbocycles. The first kappa shape index (κ1) is 20.4. The highest BCUT2D eigenvalue weighted by Gasteiger charge is 2.21. The Morgan fingerprint density at radius 3 is 2.48 bits per heavy atom. The fraction of sp³-hybridized carbons (Fsp3) is 0.167. The lowest BCUT2D eigenvalue weighted by molar-refractivity contribution is -0.125. The molecule has 0 aliphatic heterocycles. The average Bonchev–Trinajstić information content (AvgIpc) is 2.58. The maximum absolute atomic E-state index is 13.9. The maximum Gasteiger partial charge on any atom is 0.240 e. The Labute approximate surface area is 157 Å². The number of rotatable bonds is 6. The predicted octanol–water partition coefficient (Wildman–Crippen LogP) is 2.20. The van der Waals surface area contributed by atoms with E-state index < -0.39 is 34.6 Å². The van der Waals surface area contributed by atoms with Gasteiger partial charge in [0.2, 0.25) is 16.9 Å². The molecule has 4 N–H and O–H groups in total. The molecular formula is C18H16F2N2O4S. The number of primary amides is 1. The van der Waals surface area contributed by atoms with Crippen LogP contribution in [-0.4, -0.2) is 33.8 Å². The molecule has 9 heteroatoms. The molecule has 0 aliphatic carbocycles. The van der Waals surface area contributed by atoms with Crippen molar-refractivity contribution in [1.29, 1.82) is 0 Å². The highest BCUT2D eigenvalue weighted by atomic mass is 32.2. The number of hydrogen-bond acceptors (Lipinski definition) is 5. The quantitative estimate of drug-likeness (QED) is 0.696. The summed E-state index contributed by atoms with van der Waals surface area (Å²) in [6.45, 7) is 1.20. The summed E-state index contributed by atoms with van der Waals surface area (Å²) in [5, 5.41) is 11.6. The Morgan fingerprint density at radius 2 is 1.89 bits per heavy atom. The summed E-state index contributed by atoms with van der Waals surface area (Å²) in [6.07, 6.45) is 0. The molecule has 0 fully saturated rings. The van der Waals surface area contributed by atoms with Gasteiger partial charge in [0.15, 0.2) is 0 Å². The number of benzene rings is 2. The van der Waals surface area contributed by atoms with Crippen LogP contribution in [0.25, 0.3) is 11.1 Å². The molecular weight excluding hydrogens is 378 g/mol. The van der Waals surface area contributed by atoms with Crippen molar-refractivity contribution < 1.29 is 28.3 Å². The van der Waals surface area contributed by atoms with Crippen LogP contribution in [0.5, 0.6) is 5.75 Å². The second-order valence-corrected chi connectivity index (χ2v) is 6.60. The van der Waals surface area contributed by atoms with Gasteiger partial charge in [0.1, 0.15) is 23.4 Å². The van der Waals surface area contributed by atoms with Crippen LogP contribution in [-0.2, 0) is 9.59 Å². The lowest BCUT2D eigenvalue weighted by Crippen LogP contribution is -2.45. The van der Waals surface area contributed by atoms with Crippen LogP contribution in [0.2, 0.25) is 0 Å². The van der Waals surface area contributed by atoms with Crippen molar-refractivity contribution in [3.63, 3.8) is 0 Å². The number of amides is 2. The number of nitrogens with two attached hydrogens (primary N) is 1. The lowest BCUT2D eigenvalue weighted by Gasteiger charge is -2.13. The Bertz CT molecular complexity index is 905. The second kappa shape index (κ2) is 8.63. The number of halogens is 2. The third-order valence-electron chi connectivity index (χ3n) is 3.56. The Balaban J connectivity index is 2.23. The highest BCUT2D eigenvalue weighted by Crippen LogP contribution is 2.30. The summed E-state index contributed by atoms with van der Waals surface area (Å²) >= 11 is 0.664. The molecule has 2 rings (SSSR count). The van der Waals surface area contributed by atoms with Crippen molar-refractivity contribution in [3.05, 3.63) is 53.6 Å². The number of phenols is 1. The van der Waals surface area contributed by atoms with E-state index in [1.54, 1.807) is 0 Å². The maximum atomic E-state index is 13.9. The zero-order valence-corrected chi connectivity index (χ0v) is 15.0. The largest absolute Gasteiger partial charge is 0.507 e. The Morgan fingerprint density at radius 1 is 1.19 bits per heavy atom. The second-order valence-electron chi connectivity index (χ2n) is 5.61. The molecule has 2 aromatic rings. The van der Waals surface area contributed by atoms with Gasteiger partial charge in [0.25, 0.3) is 0 Å². The number of hydrogen-bond donors (Lipinski definition) is 3. The molecule has 27 heavy (non-hydrogen) atoms. The summed E-state index contributed by atoms with van der Waals surface area (Å²) in [6, 6.07) is 5.81. The molecule has 6 nitrogen and oxygen atoms in total. The number of carbonyl (C=O) groups is 3. The van der Waals surface area contributed by atoms with E-state index in [4.69, 9.17) is 5.73 Å². The molecule has 2 amide bonds. The van der Waals surface area contributed by atoms with Crippen molar-refractivity contribution in [2.24, 2.45) is 5.73 Å². The van der Waals surface area contributed by atoms with Crippen LogP contribution in [0.3, 0.4) is 0 Å². The molecule has 0 spiro atoms. The van der Waals surface area contributed by atoms with Crippen molar-refractivity contribution in [3.8, 4) is 16.9 Å². The van der Waals surface area contributed by atoms with E-state index in [-0.39, 0.29) is 28.2 Å². The normalized spacial score (nSPS) is 11.7. The van der Waals surface area contributed by atoms with Crippen LogP contribution in [0, 0.1) is 11.6 Å². The highest BCUT2D eigenvalue weighted by molar-refractivity contribution is 8.14. The van der Waals surface area contributed by atoms with Gasteiger partial charge in [-0.15, -0.1) is 0 Å². The van der Waals surface area contributed by atoms with Gasteiger partial charge in [-0.05, 0) is 29.8 Å². The molecule has 0 saturated heterocycles. The minimum absolute atomic E-state index is 0.0590. The molecule has 0 bridgehead atoms. The fourth-order valence-electron chi connectivity index (χ4n) is 2.27. The summed E-state index contributed by atoms with van der Waals surface area (Å²) in [7, 11) is 0. The molecule has 0 saturated carbocycles. The van der Waals surface area contributed by atoms with Gasteiger partial charge in [0, 0.05) is 24.3 Å². The summed E-state index contributed by atoms with van der Waals surface area (Å²) in [5.41, 5.74) is 5.38. The van der Waals surface area contributed by atoms with Crippen LogP contribution < -0.4 is 11.1 Å². The van der Waals surface area contributed by atoms with Gasteiger partial charge in [-0.1, -0.05) is 17.8 Å². The summed E-state index contributed by atoms with van der Waals surface area (Å²) < 4.78 is 27.0. The Kier molecular flexibility index (Phi) is 6.51. The molecule has 0 aliphatic rings. The summed E-state index contributed by atoms with van der Waals surface area (Å²) in [4.78, 5) is 34.8. The van der Waals surface area contributed by atoms with Gasteiger partial charge >= 0.3 is 0 Å². The Hall–Kier alpha value is -2.94. The molecule has 0 aromatic heterocycles. The number of aromatic hydroxyl groups is 1.